The van der Waals surface area contributed by atoms with Gasteiger partial charge in [0.25, 0.3) is 17.0 Å². The van der Waals surface area contributed by atoms with Crippen LogP contribution in [0.5, 0.6) is 0 Å². The van der Waals surface area contributed by atoms with Crippen molar-refractivity contribution in [3.05, 3.63) is 253 Å². The van der Waals surface area contributed by atoms with Gasteiger partial charge in [0.15, 0.2) is 16.5 Å². The van der Waals surface area contributed by atoms with Crippen molar-refractivity contribution >= 4 is 138 Å². The summed E-state index contributed by atoms with van der Waals surface area (Å²) in [6.45, 7) is 46.3. The second kappa shape index (κ2) is 46.9. The van der Waals surface area contributed by atoms with Crippen molar-refractivity contribution in [1.29, 1.82) is 10.5 Å². The van der Waals surface area contributed by atoms with E-state index in [2.05, 4.69) is 233 Å². The lowest BCUT2D eigenvalue weighted by atomic mass is 9.86. The maximum atomic E-state index is 15.3. The van der Waals surface area contributed by atoms with Gasteiger partial charge in [0.1, 0.15) is 79.9 Å². The van der Waals surface area contributed by atoms with Crippen LogP contribution in [0.15, 0.2) is 191 Å². The van der Waals surface area contributed by atoms with Gasteiger partial charge >= 0.3 is 0 Å². The number of benzene rings is 4. The minimum absolute atomic E-state index is 0.0735. The molecule has 0 bridgehead atoms. The van der Waals surface area contributed by atoms with Gasteiger partial charge in [0.2, 0.25) is 0 Å². The maximum Gasteiger partial charge on any atom is 0.282 e. The van der Waals surface area contributed by atoms with Gasteiger partial charge in [-0.25, -0.2) is 33.7 Å². The predicted molar refractivity (Wildman–Crippen MR) is 595 cm³/mol. The summed E-state index contributed by atoms with van der Waals surface area (Å²) in [4.78, 5) is 74.6. The van der Waals surface area contributed by atoms with Gasteiger partial charge in [-0.15, -0.1) is 0 Å². The van der Waals surface area contributed by atoms with Gasteiger partial charge in [-0.05, 0) is 261 Å². The number of nitrogens with one attached hydrogen (secondary N) is 5. The fourth-order valence-electron chi connectivity index (χ4n) is 20.2. The number of nitrogens with two attached hydrogens (primary N) is 1. The summed E-state index contributed by atoms with van der Waals surface area (Å²) in [5.41, 5.74) is 16.9. The van der Waals surface area contributed by atoms with E-state index in [1.807, 2.05) is 119 Å². The van der Waals surface area contributed by atoms with Crippen molar-refractivity contribution in [2.24, 2.45) is 5.73 Å². The van der Waals surface area contributed by atoms with Crippen LogP contribution >= 0.6 is 15.9 Å². The summed E-state index contributed by atoms with van der Waals surface area (Å²) in [5, 5.41) is 66.9. The molecule has 4 aromatic carbocycles. The zero-order valence-corrected chi connectivity index (χ0v) is 92.2. The number of aliphatic hydroxyl groups excluding tert-OH is 2. The van der Waals surface area contributed by atoms with Crippen LogP contribution in [0.2, 0.25) is 33.2 Å². The summed E-state index contributed by atoms with van der Waals surface area (Å²) < 4.78 is 42.3. The number of amides is 1. The SMILES string of the molecule is CC(C)[Si](C(C)C)(C(C)C)n1ccc2ccc(Br)nc21.CC(C)[Si](C(C)C)(C(C)C)n1ccc2ccc(NCCN(C)C)nc21.CN(C)CCNc1ccc2c(C#N)c[nH]c2n1.CN(C)CCNc1ccc2c(C#N)cn(-c3cccc(-n4ncc5cc(C(C)(C)C)cc(F)c5c4=O)c3CO)c2n1.CN(C)CCNc1ccc2c(C(N)=O)cn(-c3cccc(-n4ncc5cc(C(C)(C)C)cc(F)c5c4=O)c3CO)c2n1. The Bertz CT molecular complexity index is 7480. The number of aromatic nitrogens is 14. The summed E-state index contributed by atoms with van der Waals surface area (Å²) in [6.07, 6.45) is 12.4. The van der Waals surface area contributed by atoms with Crippen molar-refractivity contribution in [3.63, 3.8) is 0 Å². The van der Waals surface area contributed by atoms with Crippen molar-refractivity contribution in [3.8, 4) is 34.9 Å². The molecule has 0 saturated carbocycles. The molecule has 0 atom stereocenters. The van der Waals surface area contributed by atoms with Gasteiger partial charge in [0.05, 0.1) is 75.8 Å². The van der Waals surface area contributed by atoms with E-state index < -0.39 is 58.3 Å². The third kappa shape index (κ3) is 24.0. The standard InChI is InChI=1S/C31H34FN7O3.C31H32FN7O2.C20H36N4Si.C16H25BrN2Si.C12H15N5/c1-31(2,3)19-13-18-15-35-39(30(42)27(18)23(32)14-19)25-8-6-7-24(22(25)17-40)38-16-21(28(33)41)20-9-10-26(36-29(20)38)34-11-12-37(4)5;1-31(2,3)21-13-19-16-35-39(30(41)28(19)24(32)14-21)26-8-6-7-25(23(26)18-40)38-17-20(15-33)22-9-10-27(36-29(22)38)34-11-12-37(4)5;1-15(2)25(16(3)4,17(5)6)24-13-11-18-9-10-19(22-20(18)24)21-12-14-23(7)8;1-11(2)20(12(3)4,13(5)6)19-10-9-14-7-8-15(17)18-16(14)19;1-17(2)6-5-14-11-4-3-10-9(7-13)8-15-12(10)16-11/h6-10,13-16,40H,11-12,17H2,1-5H3,(H2,33,41)(H,34,36);6-10,13-14,16-17,40H,11-12,18H2,1-5H3,(H,34,36);9-11,13,15-17H,12,14H2,1-8H3,(H,21,22);7-13H,1-6H3;3-4,8H,5-6H2,1-2H3,(H2,14,15,16). The molecule has 0 aliphatic rings. The number of pyridine rings is 5. The molecule has 9 N–H and O–H groups in total. The Morgan fingerprint density at radius 3 is 1.21 bits per heavy atom. The van der Waals surface area contributed by atoms with E-state index in [4.69, 9.17) is 30.9 Å². The van der Waals surface area contributed by atoms with Crippen LogP contribution in [0.3, 0.4) is 0 Å². The highest BCUT2D eigenvalue weighted by Crippen LogP contribution is 2.47. The molecule has 1 amide bonds. The second-order valence-corrected chi connectivity index (χ2v) is 54.2. The molecule has 35 heteroatoms. The largest absolute Gasteiger partial charge is 0.392 e. The fraction of sp³-hybridized carbons (Fsp3) is 0.400. The maximum absolute atomic E-state index is 15.3. The Hall–Kier alpha value is -13.2. The Morgan fingerprint density at radius 2 is 0.821 bits per heavy atom. The molecule has 0 aliphatic heterocycles. The Balaban J connectivity index is 0.000000169. The smallest absolute Gasteiger partial charge is 0.282 e. The first-order valence-corrected chi connectivity index (χ1v) is 54.5. The number of aromatic amines is 1. The summed E-state index contributed by atoms with van der Waals surface area (Å²) in [7, 11) is 12.7. The molecule has 766 valence electrons. The van der Waals surface area contributed by atoms with Gasteiger partial charge in [-0.3, -0.25) is 23.5 Å². The normalized spacial score (nSPS) is 12.1. The third-order valence-electron chi connectivity index (χ3n) is 27.2. The molecule has 0 aliphatic carbocycles. The molecule has 145 heavy (non-hydrogen) atoms. The van der Waals surface area contributed by atoms with Crippen LogP contribution in [-0.4, -0.2) is 228 Å². The summed E-state index contributed by atoms with van der Waals surface area (Å²) in [6, 6.07) is 44.8. The van der Waals surface area contributed by atoms with E-state index in [-0.39, 0.29) is 32.9 Å². The molecule has 0 unspecified atom stereocenters. The number of rotatable bonds is 31. The van der Waals surface area contributed by atoms with E-state index in [0.717, 1.165) is 98.3 Å². The number of anilines is 4. The number of aliphatic hydroxyl groups is 2. The van der Waals surface area contributed by atoms with E-state index >= 15 is 8.78 Å². The Kier molecular flexibility index (Phi) is 35.8. The molecule has 16 aromatic rings. The number of carbonyl (C=O) groups excluding carboxylic acids is 1. The number of nitrogens with zero attached hydrogens (tertiary/aromatic N) is 19. The van der Waals surface area contributed by atoms with E-state index in [9.17, 15) is 29.9 Å². The molecule has 16 rings (SSSR count). The molecular formula is C110H142BrF2N25O5Si2. The number of fused-ring (bicyclic) bond motifs is 7. The number of carbonyl (C=O) groups is 1. The van der Waals surface area contributed by atoms with E-state index in [1.54, 1.807) is 88.4 Å². The number of hydrogen-bond acceptors (Lipinski definition) is 22. The van der Waals surface area contributed by atoms with Gasteiger partial charge in [-0.2, -0.15) is 30.1 Å². The van der Waals surface area contributed by atoms with Crippen molar-refractivity contribution in [2.75, 3.05) is 130 Å². The topological polar surface area (TPSA) is 362 Å². The monoisotopic (exact) mass is 2070 g/mol. The average Bonchev–Trinajstić information content (AvgIpc) is 1.61. The highest BCUT2D eigenvalue weighted by atomic mass is 79.9. The van der Waals surface area contributed by atoms with E-state index in [1.165, 1.54) is 35.3 Å². The summed E-state index contributed by atoms with van der Waals surface area (Å²) in [5.74, 6) is 1.15. The number of nitriles is 2. The lowest BCUT2D eigenvalue weighted by molar-refractivity contribution is 0.100. The van der Waals surface area contributed by atoms with Crippen molar-refractivity contribution < 1.29 is 23.8 Å². The zero-order valence-electron chi connectivity index (χ0n) is 88.6. The van der Waals surface area contributed by atoms with Crippen LogP contribution < -0.4 is 38.1 Å². The first-order valence-electron chi connectivity index (χ1n) is 49.4. The molecule has 0 radical (unpaired) electrons. The fourth-order valence-corrected chi connectivity index (χ4v) is 33.6. The molecular weight excluding hydrogens is 1930 g/mol. The highest BCUT2D eigenvalue weighted by molar-refractivity contribution is 9.10. The minimum Gasteiger partial charge on any atom is -0.392 e. The molecule has 0 spiro atoms. The van der Waals surface area contributed by atoms with E-state index in [0.29, 0.717) is 130 Å². The molecule has 0 fully saturated rings. The van der Waals surface area contributed by atoms with Crippen LogP contribution in [0, 0.1) is 34.3 Å². The van der Waals surface area contributed by atoms with Gasteiger partial charge < -0.3 is 70.3 Å². The van der Waals surface area contributed by atoms with Crippen LogP contribution in [0.25, 0.3) is 99.5 Å². The predicted octanol–water partition coefficient (Wildman–Crippen LogP) is 20.5. The molecule has 0 saturated heterocycles. The average molecular weight is 2070 g/mol. The van der Waals surface area contributed by atoms with Crippen LogP contribution in [-0.2, 0) is 24.0 Å². The van der Waals surface area contributed by atoms with Crippen LogP contribution in [0.4, 0.5) is 32.1 Å². The quantitative estimate of drug-likeness (QED) is 0.0148. The number of likely N-dealkylation sites (N-methyl/N-ethyl adjacent to an activating group) is 4. The molecule has 12 heterocycles. The molecule has 30 nitrogen and oxygen atoms in total. The summed E-state index contributed by atoms with van der Waals surface area (Å²) >= 11 is 3.52. The number of H-pyrrole nitrogens is 1. The van der Waals surface area contributed by atoms with Gasteiger partial charge in [-0.1, -0.05) is 137 Å². The second-order valence-electron chi connectivity index (χ2n) is 41.9. The Morgan fingerprint density at radius 1 is 0.462 bits per heavy atom. The first kappa shape index (κ1) is 111. The van der Waals surface area contributed by atoms with Crippen molar-refractivity contribution in [1.82, 2.24) is 86.7 Å². The number of halogens is 3. The molecule has 12 aromatic heterocycles. The number of hydrogen-bond donors (Lipinski definition) is 8. The van der Waals surface area contributed by atoms with Crippen molar-refractivity contribution in [2.45, 2.75) is 182 Å². The van der Waals surface area contributed by atoms with Crippen LogP contribution in [0.1, 0.15) is 168 Å². The zero-order chi connectivity index (χ0) is 106. The third-order valence-corrected chi connectivity index (χ3v) is 41.1. The lowest BCUT2D eigenvalue weighted by Crippen LogP contribution is -2.51. The van der Waals surface area contributed by atoms with Gasteiger partial charge in [0, 0.05) is 120 Å². The lowest BCUT2D eigenvalue weighted by Gasteiger charge is -2.44. The number of primary amides is 1. The first-order chi connectivity index (χ1) is 68.6. The highest BCUT2D eigenvalue weighted by Gasteiger charge is 2.48. The minimum atomic E-state index is -1.77. The Labute approximate surface area is 859 Å².